The van der Waals surface area contributed by atoms with Gasteiger partial charge in [-0.05, 0) is 49.9 Å². The summed E-state index contributed by atoms with van der Waals surface area (Å²) in [4.78, 5) is 27.5. The number of rotatable bonds is 8. The highest BCUT2D eigenvalue weighted by Gasteiger charge is 2.41. The van der Waals surface area contributed by atoms with Crippen LogP contribution in [0.15, 0.2) is 24.3 Å². The average molecular weight is 507 g/mol. The molecule has 6 rings (SSSR count). The maximum absolute atomic E-state index is 12.2. The number of urea groups is 1. The molecule has 0 saturated carbocycles. The van der Waals surface area contributed by atoms with Gasteiger partial charge in [0.15, 0.2) is 5.82 Å². The van der Waals surface area contributed by atoms with Gasteiger partial charge in [-0.1, -0.05) is 19.8 Å². The minimum absolute atomic E-state index is 0.168. The van der Waals surface area contributed by atoms with E-state index in [-0.39, 0.29) is 6.03 Å². The quantitative estimate of drug-likeness (QED) is 0.529. The number of fused-ring (bicyclic) bond motifs is 3. The third-order valence-corrected chi connectivity index (χ3v) is 8.16. The number of nitrogens with one attached hydrogen (secondary N) is 2. The van der Waals surface area contributed by atoms with E-state index in [0.717, 1.165) is 107 Å². The van der Waals surface area contributed by atoms with E-state index in [4.69, 9.17) is 19.4 Å². The maximum atomic E-state index is 12.2. The van der Waals surface area contributed by atoms with Gasteiger partial charge in [-0.3, -0.25) is 4.90 Å². The van der Waals surface area contributed by atoms with Crippen molar-refractivity contribution < 1.29 is 14.3 Å². The summed E-state index contributed by atoms with van der Waals surface area (Å²) in [6.07, 6.45) is 6.54. The molecule has 0 aliphatic carbocycles. The van der Waals surface area contributed by atoms with Gasteiger partial charge in [0.25, 0.3) is 0 Å². The van der Waals surface area contributed by atoms with Crippen LogP contribution in [0.4, 0.5) is 16.3 Å². The highest BCUT2D eigenvalue weighted by atomic mass is 16.5. The Morgan fingerprint density at radius 1 is 1.00 bits per heavy atom. The Morgan fingerprint density at radius 2 is 1.73 bits per heavy atom. The third-order valence-electron chi connectivity index (χ3n) is 8.16. The van der Waals surface area contributed by atoms with Crippen LogP contribution in [0.25, 0.3) is 11.4 Å². The molecule has 9 nitrogen and oxygen atoms in total. The zero-order valence-corrected chi connectivity index (χ0v) is 21.7. The summed E-state index contributed by atoms with van der Waals surface area (Å²) in [5.74, 6) is 1.86. The number of carbonyl (C=O) groups excluding carboxylic acids is 1. The highest BCUT2D eigenvalue weighted by Crippen LogP contribution is 2.38. The number of aromatic nitrogens is 2. The second-order valence-electron chi connectivity index (χ2n) is 10.7. The molecule has 2 amide bonds. The summed E-state index contributed by atoms with van der Waals surface area (Å²) in [7, 11) is 0. The molecule has 4 aliphatic rings. The molecule has 198 valence electrons. The van der Waals surface area contributed by atoms with Crippen molar-refractivity contribution in [2.24, 2.45) is 0 Å². The Bertz CT molecular complexity index is 1090. The lowest BCUT2D eigenvalue weighted by Gasteiger charge is -2.42. The van der Waals surface area contributed by atoms with E-state index in [0.29, 0.717) is 24.7 Å². The summed E-state index contributed by atoms with van der Waals surface area (Å²) in [5.41, 5.74) is 4.16. The van der Waals surface area contributed by atoms with Crippen LogP contribution in [0.2, 0.25) is 0 Å². The van der Waals surface area contributed by atoms with E-state index >= 15 is 0 Å². The van der Waals surface area contributed by atoms with Crippen LogP contribution in [0.1, 0.15) is 50.3 Å². The Labute approximate surface area is 218 Å². The summed E-state index contributed by atoms with van der Waals surface area (Å²) in [6.45, 7) is 7.88. The van der Waals surface area contributed by atoms with Gasteiger partial charge in [0.2, 0.25) is 0 Å². The van der Waals surface area contributed by atoms with Crippen molar-refractivity contribution in [3.63, 3.8) is 0 Å². The van der Waals surface area contributed by atoms with Gasteiger partial charge in [0.1, 0.15) is 5.82 Å². The fraction of sp³-hybridized carbons (Fsp3) is 0.607. The maximum Gasteiger partial charge on any atom is 0.319 e. The van der Waals surface area contributed by atoms with Gasteiger partial charge in [0.05, 0.1) is 50.2 Å². The first-order valence-electron chi connectivity index (χ1n) is 13.9. The molecule has 9 heteroatoms. The average Bonchev–Trinajstić information content (AvgIpc) is 3.12. The second-order valence-corrected chi connectivity index (χ2v) is 10.7. The van der Waals surface area contributed by atoms with Crippen molar-refractivity contribution in [2.75, 3.05) is 49.7 Å². The van der Waals surface area contributed by atoms with Crippen molar-refractivity contribution in [3.05, 3.63) is 35.5 Å². The van der Waals surface area contributed by atoms with Crippen LogP contribution in [-0.2, 0) is 22.4 Å². The zero-order valence-electron chi connectivity index (χ0n) is 21.7. The van der Waals surface area contributed by atoms with Gasteiger partial charge in [0, 0.05) is 36.4 Å². The van der Waals surface area contributed by atoms with Crippen LogP contribution < -0.4 is 15.5 Å². The van der Waals surface area contributed by atoms with Crippen molar-refractivity contribution in [1.29, 1.82) is 0 Å². The number of amides is 2. The van der Waals surface area contributed by atoms with Crippen molar-refractivity contribution in [3.8, 4) is 11.4 Å². The molecule has 3 saturated heterocycles. The largest absolute Gasteiger partial charge is 0.378 e. The summed E-state index contributed by atoms with van der Waals surface area (Å²) in [6, 6.07) is 8.99. The van der Waals surface area contributed by atoms with Crippen LogP contribution in [-0.4, -0.2) is 78.5 Å². The number of carbonyl (C=O) groups is 1. The molecule has 2 N–H and O–H groups in total. The summed E-state index contributed by atoms with van der Waals surface area (Å²) >= 11 is 0. The smallest absolute Gasteiger partial charge is 0.319 e. The van der Waals surface area contributed by atoms with Crippen LogP contribution in [0.3, 0.4) is 0 Å². The van der Waals surface area contributed by atoms with Gasteiger partial charge in [-0.25, -0.2) is 14.8 Å². The number of ether oxygens (including phenoxy) is 2. The van der Waals surface area contributed by atoms with Crippen molar-refractivity contribution >= 4 is 17.5 Å². The SMILES string of the molecule is CCCCCNC(=O)Nc1ccc(-c2nc3c(c(N4C5CCC4COC5)n2)CCN(C2COC2)C3)cc1. The molecule has 2 bridgehead atoms. The number of nitrogens with zero attached hydrogens (tertiary/aromatic N) is 4. The molecule has 4 aliphatic heterocycles. The van der Waals surface area contributed by atoms with Crippen LogP contribution in [0, 0.1) is 0 Å². The first-order chi connectivity index (χ1) is 18.2. The van der Waals surface area contributed by atoms with Crippen molar-refractivity contribution in [2.45, 2.75) is 70.1 Å². The van der Waals surface area contributed by atoms with E-state index in [2.05, 4.69) is 27.4 Å². The lowest BCUT2D eigenvalue weighted by atomic mass is 10.0. The number of morpholine rings is 1. The fourth-order valence-electron chi connectivity index (χ4n) is 5.95. The van der Waals surface area contributed by atoms with E-state index in [9.17, 15) is 4.79 Å². The molecule has 2 unspecified atom stereocenters. The van der Waals surface area contributed by atoms with Crippen molar-refractivity contribution in [1.82, 2.24) is 20.2 Å². The van der Waals surface area contributed by atoms with Gasteiger partial charge in [-0.2, -0.15) is 0 Å². The molecule has 3 fully saturated rings. The Morgan fingerprint density at radius 3 is 2.43 bits per heavy atom. The minimum atomic E-state index is -0.168. The number of hydrogen-bond acceptors (Lipinski definition) is 7. The van der Waals surface area contributed by atoms with Gasteiger partial charge < -0.3 is 25.0 Å². The number of anilines is 2. The van der Waals surface area contributed by atoms with Gasteiger partial charge in [-0.15, -0.1) is 0 Å². The normalized spacial score (nSPS) is 23.4. The Kier molecular flexibility index (Phi) is 7.26. The second kappa shape index (κ2) is 10.9. The molecule has 2 atom stereocenters. The number of unbranched alkanes of at least 4 members (excludes halogenated alkanes) is 2. The van der Waals surface area contributed by atoms with Crippen LogP contribution in [0.5, 0.6) is 0 Å². The van der Waals surface area contributed by atoms with Crippen LogP contribution >= 0.6 is 0 Å². The number of benzene rings is 1. The predicted octanol–water partition coefficient (Wildman–Crippen LogP) is 3.58. The lowest BCUT2D eigenvalue weighted by molar-refractivity contribution is -0.0699. The molecule has 0 radical (unpaired) electrons. The molecule has 5 heterocycles. The topological polar surface area (TPSA) is 91.9 Å². The molecule has 0 spiro atoms. The van der Waals surface area contributed by atoms with E-state index < -0.39 is 0 Å². The summed E-state index contributed by atoms with van der Waals surface area (Å²) in [5, 5.41) is 5.85. The molecular weight excluding hydrogens is 468 g/mol. The minimum Gasteiger partial charge on any atom is -0.378 e. The number of hydrogen-bond donors (Lipinski definition) is 2. The van der Waals surface area contributed by atoms with E-state index in [1.807, 2.05) is 24.3 Å². The summed E-state index contributed by atoms with van der Waals surface area (Å²) < 4.78 is 11.3. The molecule has 1 aromatic carbocycles. The lowest BCUT2D eigenvalue weighted by Crippen LogP contribution is -2.51. The predicted molar refractivity (Wildman–Crippen MR) is 143 cm³/mol. The Hall–Kier alpha value is -2.75. The molecule has 1 aromatic heterocycles. The standard InChI is InChI=1S/C28H38N6O3/c1-2-3-4-12-29-28(35)30-20-7-5-19(6-8-20)26-31-25-14-33(23-17-37-18-23)13-11-24(25)27(32-26)34-21-9-10-22(34)16-36-15-21/h5-8,21-23H,2-4,9-18H2,1H3,(H2,29,30,35). The Balaban J connectivity index is 1.25. The van der Waals surface area contributed by atoms with E-state index in [1.54, 1.807) is 0 Å². The first-order valence-corrected chi connectivity index (χ1v) is 13.9. The molecule has 2 aromatic rings. The first kappa shape index (κ1) is 24.6. The monoisotopic (exact) mass is 506 g/mol. The third kappa shape index (κ3) is 5.17. The fourth-order valence-corrected chi connectivity index (χ4v) is 5.95. The highest BCUT2D eigenvalue weighted by molar-refractivity contribution is 5.89. The molecular formula is C28H38N6O3. The molecule has 37 heavy (non-hydrogen) atoms. The van der Waals surface area contributed by atoms with Gasteiger partial charge >= 0.3 is 6.03 Å². The zero-order chi connectivity index (χ0) is 25.2. The van der Waals surface area contributed by atoms with E-state index in [1.165, 1.54) is 5.56 Å².